The Hall–Kier alpha value is -1.85. The minimum Gasteiger partial charge on any atom is -0.383 e. The first-order chi connectivity index (χ1) is 8.99. The Bertz CT molecular complexity index is 447. The van der Waals surface area contributed by atoms with E-state index < -0.39 is 0 Å². The molecule has 4 N–H and O–H groups in total. The van der Waals surface area contributed by atoms with Crippen LogP contribution in [0.1, 0.15) is 38.1 Å². The maximum absolute atomic E-state index is 11.2. The predicted octanol–water partition coefficient (Wildman–Crippen LogP) is 1.02. The van der Waals surface area contributed by atoms with Gasteiger partial charge in [0.15, 0.2) is 0 Å². The Morgan fingerprint density at radius 3 is 2.53 bits per heavy atom. The number of hydrogen-bond acceptors (Lipinski definition) is 5. The van der Waals surface area contributed by atoms with Crippen LogP contribution in [0.3, 0.4) is 0 Å². The number of nitrogen functional groups attached to an aromatic ring is 1. The van der Waals surface area contributed by atoms with Crippen molar-refractivity contribution in [2.24, 2.45) is 5.73 Å². The molecule has 0 spiro atoms. The minimum atomic E-state index is -0.370. The van der Waals surface area contributed by atoms with E-state index in [0.717, 1.165) is 30.8 Å². The zero-order valence-corrected chi connectivity index (χ0v) is 11.9. The van der Waals surface area contributed by atoms with Gasteiger partial charge in [0.05, 0.1) is 6.54 Å². The maximum atomic E-state index is 11.2. The van der Waals surface area contributed by atoms with E-state index in [1.54, 1.807) is 0 Å². The summed E-state index contributed by atoms with van der Waals surface area (Å²) in [6.45, 7) is 6.82. The van der Waals surface area contributed by atoms with Crippen molar-refractivity contribution in [3.63, 3.8) is 0 Å². The number of carbonyl (C=O) groups excluding carboxylic acids is 1. The van der Waals surface area contributed by atoms with Crippen LogP contribution < -0.4 is 16.4 Å². The third kappa shape index (κ3) is 4.08. The number of anilines is 2. The molecule has 1 heterocycles. The molecule has 0 radical (unpaired) electrons. The highest BCUT2D eigenvalue weighted by Crippen LogP contribution is 2.22. The minimum absolute atomic E-state index is 0.153. The van der Waals surface area contributed by atoms with Gasteiger partial charge in [-0.1, -0.05) is 20.3 Å². The highest BCUT2D eigenvalue weighted by atomic mass is 16.1. The van der Waals surface area contributed by atoms with E-state index in [1.807, 2.05) is 18.7 Å². The Labute approximate surface area is 114 Å². The summed E-state index contributed by atoms with van der Waals surface area (Å²) in [5.41, 5.74) is 12.0. The van der Waals surface area contributed by atoms with E-state index in [9.17, 15) is 4.79 Å². The summed E-state index contributed by atoms with van der Waals surface area (Å²) in [6, 6.07) is 0. The molecule has 1 aromatic rings. The van der Waals surface area contributed by atoms with Gasteiger partial charge in [0.25, 0.3) is 0 Å². The molecule has 19 heavy (non-hydrogen) atoms. The summed E-state index contributed by atoms with van der Waals surface area (Å²) in [4.78, 5) is 21.8. The van der Waals surface area contributed by atoms with Crippen LogP contribution in [0, 0.1) is 6.92 Å². The van der Waals surface area contributed by atoms with Crippen molar-refractivity contribution in [2.75, 3.05) is 23.7 Å². The van der Waals surface area contributed by atoms with Gasteiger partial charge in [0.1, 0.15) is 17.5 Å². The van der Waals surface area contributed by atoms with Gasteiger partial charge in [0.2, 0.25) is 5.91 Å². The number of aryl methyl sites for hydroxylation is 1. The Morgan fingerprint density at radius 1 is 1.32 bits per heavy atom. The molecule has 0 aliphatic carbocycles. The van der Waals surface area contributed by atoms with Crippen LogP contribution in [-0.4, -0.2) is 29.0 Å². The second kappa shape index (κ2) is 6.92. The number of nitrogens with zero attached hydrogens (tertiary/aromatic N) is 3. The fourth-order valence-corrected chi connectivity index (χ4v) is 1.83. The molecule has 0 aromatic carbocycles. The van der Waals surface area contributed by atoms with E-state index >= 15 is 0 Å². The molecule has 0 aliphatic rings. The summed E-state index contributed by atoms with van der Waals surface area (Å²) in [6.07, 6.45) is 2.71. The van der Waals surface area contributed by atoms with Crippen LogP contribution >= 0.6 is 0 Å². The van der Waals surface area contributed by atoms with Crippen LogP contribution in [-0.2, 0) is 11.2 Å². The lowest BCUT2D eigenvalue weighted by Gasteiger charge is -2.24. The Kier molecular flexibility index (Phi) is 5.54. The highest BCUT2D eigenvalue weighted by Gasteiger charge is 2.16. The second-order valence-corrected chi connectivity index (χ2v) is 4.57. The molecule has 0 saturated heterocycles. The molecule has 0 fully saturated rings. The lowest BCUT2D eigenvalue weighted by atomic mass is 10.2. The normalized spacial score (nSPS) is 10.5. The lowest BCUT2D eigenvalue weighted by Crippen LogP contribution is -2.36. The van der Waals surface area contributed by atoms with Crippen LogP contribution in [0.2, 0.25) is 0 Å². The first kappa shape index (κ1) is 15.2. The van der Waals surface area contributed by atoms with Crippen LogP contribution in [0.15, 0.2) is 0 Å². The predicted molar refractivity (Wildman–Crippen MR) is 76.9 cm³/mol. The number of primary amides is 1. The molecule has 0 atom stereocenters. The van der Waals surface area contributed by atoms with Gasteiger partial charge < -0.3 is 16.4 Å². The Morgan fingerprint density at radius 2 is 2.00 bits per heavy atom. The molecule has 0 unspecified atom stereocenters. The van der Waals surface area contributed by atoms with Gasteiger partial charge in [-0.25, -0.2) is 9.97 Å². The van der Waals surface area contributed by atoms with Gasteiger partial charge in [-0.3, -0.25) is 4.79 Å². The molecule has 6 heteroatoms. The van der Waals surface area contributed by atoms with Gasteiger partial charge >= 0.3 is 0 Å². The van der Waals surface area contributed by atoms with Crippen molar-refractivity contribution >= 4 is 17.5 Å². The summed E-state index contributed by atoms with van der Waals surface area (Å²) in [7, 11) is 0. The quantitative estimate of drug-likeness (QED) is 0.767. The lowest BCUT2D eigenvalue weighted by molar-refractivity contribution is -0.116. The molecular formula is C13H23N5O. The third-order valence-corrected chi connectivity index (χ3v) is 2.95. The van der Waals surface area contributed by atoms with Gasteiger partial charge in [-0.15, -0.1) is 0 Å². The fraction of sp³-hybridized carbons (Fsp3) is 0.615. The topological polar surface area (TPSA) is 98.1 Å². The van der Waals surface area contributed by atoms with Crippen LogP contribution in [0.25, 0.3) is 0 Å². The molecule has 6 nitrogen and oxygen atoms in total. The fourth-order valence-electron chi connectivity index (χ4n) is 1.83. The first-order valence-electron chi connectivity index (χ1n) is 6.65. The maximum Gasteiger partial charge on any atom is 0.236 e. The average molecular weight is 265 g/mol. The summed E-state index contributed by atoms with van der Waals surface area (Å²) >= 11 is 0. The van der Waals surface area contributed by atoms with Crippen LogP contribution in [0.5, 0.6) is 0 Å². The van der Waals surface area contributed by atoms with Crippen molar-refractivity contribution in [1.29, 1.82) is 0 Å². The van der Waals surface area contributed by atoms with Crippen molar-refractivity contribution in [3.05, 3.63) is 11.4 Å². The summed E-state index contributed by atoms with van der Waals surface area (Å²) in [5.74, 6) is 1.50. The zero-order chi connectivity index (χ0) is 14.4. The van der Waals surface area contributed by atoms with Crippen molar-refractivity contribution in [2.45, 2.75) is 40.0 Å². The van der Waals surface area contributed by atoms with E-state index in [1.165, 1.54) is 0 Å². The smallest absolute Gasteiger partial charge is 0.236 e. The van der Waals surface area contributed by atoms with Crippen molar-refractivity contribution in [3.8, 4) is 0 Å². The average Bonchev–Trinajstić information content (AvgIpc) is 2.37. The Balaban J connectivity index is 3.12. The van der Waals surface area contributed by atoms with Crippen LogP contribution in [0.4, 0.5) is 11.6 Å². The first-order valence-corrected chi connectivity index (χ1v) is 6.65. The zero-order valence-electron chi connectivity index (χ0n) is 11.9. The number of aromatic nitrogens is 2. The standard InChI is InChI=1S/C13H23N5O/c1-4-6-7-18(8-10(14)19)13-9(3)12(15)16-11(5-2)17-13/h4-8H2,1-3H3,(H2,14,19)(H2,15,16,17). The monoisotopic (exact) mass is 265 g/mol. The molecular weight excluding hydrogens is 242 g/mol. The number of amides is 1. The third-order valence-electron chi connectivity index (χ3n) is 2.95. The highest BCUT2D eigenvalue weighted by molar-refractivity contribution is 5.79. The van der Waals surface area contributed by atoms with E-state index in [0.29, 0.717) is 18.1 Å². The SMILES string of the molecule is CCCCN(CC(N)=O)c1nc(CC)nc(N)c1C. The molecule has 1 aromatic heterocycles. The van der Waals surface area contributed by atoms with E-state index in [-0.39, 0.29) is 12.5 Å². The van der Waals surface area contributed by atoms with Crippen molar-refractivity contribution < 1.29 is 4.79 Å². The molecule has 0 bridgehead atoms. The molecule has 106 valence electrons. The number of carbonyl (C=O) groups is 1. The summed E-state index contributed by atoms with van der Waals surface area (Å²) in [5, 5.41) is 0. The molecule has 0 aliphatic heterocycles. The largest absolute Gasteiger partial charge is 0.383 e. The molecule has 0 saturated carbocycles. The van der Waals surface area contributed by atoms with E-state index in [4.69, 9.17) is 11.5 Å². The number of rotatable bonds is 7. The number of unbranched alkanes of at least 4 members (excludes halogenated alkanes) is 1. The number of nitrogens with two attached hydrogens (primary N) is 2. The van der Waals surface area contributed by atoms with Crippen molar-refractivity contribution in [1.82, 2.24) is 9.97 Å². The molecule has 1 rings (SSSR count). The van der Waals surface area contributed by atoms with E-state index in [2.05, 4.69) is 16.9 Å². The second-order valence-electron chi connectivity index (χ2n) is 4.57. The molecule has 1 amide bonds. The van der Waals surface area contributed by atoms with Gasteiger partial charge in [0, 0.05) is 18.5 Å². The number of hydrogen-bond donors (Lipinski definition) is 2. The van der Waals surface area contributed by atoms with Gasteiger partial charge in [-0.05, 0) is 13.3 Å². The summed E-state index contributed by atoms with van der Waals surface area (Å²) < 4.78 is 0. The van der Waals surface area contributed by atoms with Gasteiger partial charge in [-0.2, -0.15) is 0 Å².